The van der Waals surface area contributed by atoms with E-state index in [0.717, 1.165) is 35.1 Å². The van der Waals surface area contributed by atoms with Crippen LogP contribution in [0.3, 0.4) is 0 Å². The fourth-order valence-corrected chi connectivity index (χ4v) is 8.71. The maximum absolute atomic E-state index is 13.8. The molecule has 0 saturated heterocycles. The highest BCUT2D eigenvalue weighted by Gasteiger charge is 2.37. The number of carbonyl (C=O) groups is 2. The van der Waals surface area contributed by atoms with Crippen molar-refractivity contribution in [3.8, 4) is 10.6 Å². The molecule has 1 aliphatic heterocycles. The summed E-state index contributed by atoms with van der Waals surface area (Å²) in [7, 11) is -4.11. The molecule has 16 heteroatoms. The van der Waals surface area contributed by atoms with Gasteiger partial charge in [0.2, 0.25) is 21.7 Å². The number of nitrogens with one attached hydrogen (secondary N) is 2. The molecule has 2 N–H and O–H groups in total. The number of aromatic nitrogens is 3. The summed E-state index contributed by atoms with van der Waals surface area (Å²) >= 11 is 0.995. The second kappa shape index (κ2) is 13.2. The van der Waals surface area contributed by atoms with Crippen LogP contribution in [0.25, 0.3) is 10.6 Å². The molecule has 4 heterocycles. The van der Waals surface area contributed by atoms with Crippen LogP contribution in [0.5, 0.6) is 0 Å². The number of alkyl halides is 3. The zero-order valence-corrected chi connectivity index (χ0v) is 27.0. The summed E-state index contributed by atoms with van der Waals surface area (Å²) in [6.45, 7) is 6.83. The van der Waals surface area contributed by atoms with Gasteiger partial charge in [0, 0.05) is 60.8 Å². The monoisotopic (exact) mass is 670 g/mol. The molecule has 2 bridgehead atoms. The van der Waals surface area contributed by atoms with E-state index >= 15 is 0 Å². The maximum atomic E-state index is 13.8. The molecule has 11 nitrogen and oxygen atoms in total. The highest BCUT2D eigenvalue weighted by Crippen LogP contribution is 2.37. The van der Waals surface area contributed by atoms with E-state index in [1.165, 1.54) is 10.4 Å². The Morgan fingerprint density at radius 1 is 1.16 bits per heavy atom. The Hall–Kier alpha value is -3.24. The van der Waals surface area contributed by atoms with E-state index in [2.05, 4.69) is 39.3 Å². The van der Waals surface area contributed by atoms with Crippen LogP contribution in [-0.4, -0.2) is 65.2 Å². The first kappa shape index (κ1) is 33.1. The average molecular weight is 671 g/mol. The molecule has 0 saturated carbocycles. The Labute approximate surface area is 263 Å². The zero-order valence-electron chi connectivity index (χ0n) is 25.4. The number of sulfonamides is 1. The van der Waals surface area contributed by atoms with E-state index in [1.54, 1.807) is 6.92 Å². The van der Waals surface area contributed by atoms with Gasteiger partial charge in [-0.05, 0) is 57.4 Å². The molecule has 0 radical (unpaired) electrons. The van der Waals surface area contributed by atoms with Crippen molar-refractivity contribution in [2.75, 3.05) is 19.6 Å². The molecule has 5 rings (SSSR count). The number of nitrogens with zero attached hydrogens (tertiary/aromatic N) is 4. The zero-order chi connectivity index (χ0) is 32.5. The summed E-state index contributed by atoms with van der Waals surface area (Å²) in [6, 6.07) is 1.87. The minimum atomic E-state index is -4.72. The first-order valence-electron chi connectivity index (χ1n) is 15.0. The first-order chi connectivity index (χ1) is 21.2. The third kappa shape index (κ3) is 7.43. The van der Waals surface area contributed by atoms with E-state index < -0.39 is 22.0 Å². The average Bonchev–Trinajstić information content (AvgIpc) is 3.69. The standard InChI is InChI=1S/C29H37F3N6O5S2/c1-17(2)9-13-38-22-8-7-19-14-20(22)27(35-38)28(40)33-10-5-12-37(11-4-6-26(39)34-19)45(41,42)24-16-23(44-18(24)3)21-15-25(43-36-21)29(30,31)32/h15-17,19H,4-14H2,1-3H3,(H,33,40)(H,34,39). The van der Waals surface area contributed by atoms with Crippen LogP contribution in [0.2, 0.25) is 0 Å². The number of aryl methyl sites for hydroxylation is 2. The second-order valence-electron chi connectivity index (χ2n) is 11.9. The third-order valence-corrected chi connectivity index (χ3v) is 11.3. The van der Waals surface area contributed by atoms with E-state index in [0.29, 0.717) is 48.7 Å². The summed E-state index contributed by atoms with van der Waals surface area (Å²) in [6.07, 6.45) is -1.23. The summed E-state index contributed by atoms with van der Waals surface area (Å²) < 4.78 is 74.4. The van der Waals surface area contributed by atoms with E-state index in [1.807, 2.05) is 4.68 Å². The quantitative estimate of drug-likeness (QED) is 0.392. The molecule has 0 aromatic carbocycles. The van der Waals surface area contributed by atoms with Crippen LogP contribution in [-0.2, 0) is 40.4 Å². The Bertz CT molecular complexity index is 1660. The molecule has 2 aliphatic rings. The molecule has 1 unspecified atom stereocenters. The van der Waals surface area contributed by atoms with Crippen molar-refractivity contribution in [2.24, 2.45) is 5.92 Å². The highest BCUT2D eigenvalue weighted by molar-refractivity contribution is 7.89. The van der Waals surface area contributed by atoms with Gasteiger partial charge in [-0.1, -0.05) is 19.0 Å². The fourth-order valence-electron chi connectivity index (χ4n) is 5.68. The Kier molecular flexibility index (Phi) is 9.75. The molecule has 45 heavy (non-hydrogen) atoms. The Balaban J connectivity index is 1.36. The third-order valence-electron chi connectivity index (χ3n) is 8.06. The summed E-state index contributed by atoms with van der Waals surface area (Å²) in [5.41, 5.74) is 2.10. The number of halogens is 3. The van der Waals surface area contributed by atoms with Crippen molar-refractivity contribution in [2.45, 2.75) is 89.4 Å². The number of amides is 2. The highest BCUT2D eigenvalue weighted by atomic mass is 32.2. The van der Waals surface area contributed by atoms with Crippen molar-refractivity contribution in [3.05, 3.63) is 39.7 Å². The number of carbonyl (C=O) groups excluding carboxylic acids is 2. The Morgan fingerprint density at radius 2 is 1.91 bits per heavy atom. The van der Waals surface area contributed by atoms with E-state index in [4.69, 9.17) is 0 Å². The van der Waals surface area contributed by atoms with Gasteiger partial charge in [0.1, 0.15) is 5.69 Å². The van der Waals surface area contributed by atoms with E-state index in [9.17, 15) is 31.2 Å². The number of hydrogen-bond acceptors (Lipinski definition) is 8. The van der Waals surface area contributed by atoms with Gasteiger partial charge in [0.05, 0.1) is 9.77 Å². The second-order valence-corrected chi connectivity index (χ2v) is 15.1. The molecule has 1 aliphatic carbocycles. The van der Waals surface area contributed by atoms with Crippen molar-refractivity contribution < 1.29 is 35.7 Å². The molecule has 3 aromatic rings. The van der Waals surface area contributed by atoms with Crippen LogP contribution < -0.4 is 10.6 Å². The normalized spacial score (nSPS) is 19.2. The van der Waals surface area contributed by atoms with E-state index in [-0.39, 0.29) is 65.8 Å². The van der Waals surface area contributed by atoms with Gasteiger partial charge in [0.15, 0.2) is 5.69 Å². The van der Waals surface area contributed by atoms with Gasteiger partial charge in [-0.2, -0.15) is 22.6 Å². The molecular formula is C29H37F3N6O5S2. The van der Waals surface area contributed by atoms with Gasteiger partial charge in [-0.25, -0.2) is 8.42 Å². The molecule has 2 amide bonds. The predicted octanol–water partition coefficient (Wildman–Crippen LogP) is 4.55. The van der Waals surface area contributed by atoms with Gasteiger partial charge in [-0.15, -0.1) is 11.3 Å². The lowest BCUT2D eigenvalue weighted by atomic mass is 9.91. The number of hydrogen-bond donors (Lipinski definition) is 2. The minimum absolute atomic E-state index is 0.0496. The van der Waals surface area contributed by atoms with Crippen LogP contribution in [0.15, 0.2) is 21.6 Å². The predicted molar refractivity (Wildman–Crippen MR) is 160 cm³/mol. The maximum Gasteiger partial charge on any atom is 0.452 e. The lowest BCUT2D eigenvalue weighted by Crippen LogP contribution is -2.40. The summed E-state index contributed by atoms with van der Waals surface area (Å²) in [5, 5.41) is 14.1. The lowest BCUT2D eigenvalue weighted by Gasteiger charge is -2.25. The largest absolute Gasteiger partial charge is 0.452 e. The fraction of sp³-hybridized carbons (Fsp3) is 0.586. The topological polar surface area (TPSA) is 139 Å². The molecule has 3 aromatic heterocycles. The SMILES string of the molecule is Cc1sc(-c2cc(C(F)(F)F)on2)cc1S(=O)(=O)N1CCCNC(=O)c2nn(CCC(C)C)c3c2CC(CC3)NC(=O)CCC1. The van der Waals surface area contributed by atoms with Crippen LogP contribution >= 0.6 is 11.3 Å². The van der Waals surface area contributed by atoms with Gasteiger partial charge >= 0.3 is 6.18 Å². The molecule has 0 spiro atoms. The molecule has 0 fully saturated rings. The van der Waals surface area contributed by atoms with Gasteiger partial charge < -0.3 is 15.2 Å². The van der Waals surface area contributed by atoms with Gasteiger partial charge in [-0.3, -0.25) is 14.3 Å². The van der Waals surface area contributed by atoms with Crippen molar-refractivity contribution >= 4 is 33.2 Å². The first-order valence-corrected chi connectivity index (χ1v) is 17.3. The molecule has 246 valence electrons. The van der Waals surface area contributed by atoms with Crippen LogP contribution in [0.4, 0.5) is 13.2 Å². The van der Waals surface area contributed by atoms with Gasteiger partial charge in [0.25, 0.3) is 5.91 Å². The smallest absolute Gasteiger partial charge is 0.353 e. The van der Waals surface area contributed by atoms with Crippen molar-refractivity contribution in [1.29, 1.82) is 0 Å². The minimum Gasteiger partial charge on any atom is -0.353 e. The number of thiophene rings is 1. The summed E-state index contributed by atoms with van der Waals surface area (Å²) in [5.74, 6) is -1.34. The Morgan fingerprint density at radius 3 is 2.62 bits per heavy atom. The number of rotatable bonds is 6. The van der Waals surface area contributed by atoms with Crippen molar-refractivity contribution in [1.82, 2.24) is 29.9 Å². The molecular weight excluding hydrogens is 633 g/mol. The molecule has 1 atom stereocenters. The van der Waals surface area contributed by atoms with Crippen LogP contribution in [0.1, 0.15) is 78.3 Å². The van der Waals surface area contributed by atoms with Crippen molar-refractivity contribution in [3.63, 3.8) is 0 Å². The number of fused-ring (bicyclic) bond motifs is 1. The summed E-state index contributed by atoms with van der Waals surface area (Å²) in [4.78, 5) is 26.7. The van der Waals surface area contributed by atoms with Crippen LogP contribution in [0, 0.1) is 12.8 Å². The lowest BCUT2D eigenvalue weighted by molar-refractivity contribution is -0.155.